The Kier molecular flexibility index (Phi) is 5.27. The highest BCUT2D eigenvalue weighted by atomic mass is 32.2. The Morgan fingerprint density at radius 2 is 1.24 bits per heavy atom. The van der Waals surface area contributed by atoms with Gasteiger partial charge in [-0.3, -0.25) is 4.72 Å². The lowest BCUT2D eigenvalue weighted by Gasteiger charge is -2.17. The summed E-state index contributed by atoms with van der Waals surface area (Å²) in [5.41, 5.74) is 3.50. The summed E-state index contributed by atoms with van der Waals surface area (Å²) in [6.45, 7) is 7.30. The fourth-order valence-corrected chi connectivity index (χ4v) is 5.02. The van der Waals surface area contributed by atoms with E-state index >= 15 is 0 Å². The third-order valence-corrected chi connectivity index (χ3v) is 7.34. The SMILES string of the molecule is CNS(=O)(=O)c1ccc(NS(=O)(=O)c2c(C)c(C)cc(C)c2C)cc1. The van der Waals surface area contributed by atoms with Gasteiger partial charge in [-0.1, -0.05) is 6.07 Å². The van der Waals surface area contributed by atoms with Crippen LogP contribution in [0.3, 0.4) is 0 Å². The molecule has 0 aromatic heterocycles. The van der Waals surface area contributed by atoms with E-state index in [0.29, 0.717) is 16.8 Å². The van der Waals surface area contributed by atoms with Crippen LogP contribution in [0.2, 0.25) is 0 Å². The molecule has 0 amide bonds. The van der Waals surface area contributed by atoms with Gasteiger partial charge in [0.25, 0.3) is 10.0 Å². The van der Waals surface area contributed by atoms with Crippen LogP contribution in [-0.2, 0) is 20.0 Å². The van der Waals surface area contributed by atoms with Crippen LogP contribution >= 0.6 is 0 Å². The van der Waals surface area contributed by atoms with Crippen molar-refractivity contribution in [1.29, 1.82) is 0 Å². The molecule has 0 atom stereocenters. The molecule has 0 heterocycles. The molecule has 0 bridgehead atoms. The van der Waals surface area contributed by atoms with Crippen molar-refractivity contribution < 1.29 is 16.8 Å². The number of benzene rings is 2. The third-order valence-electron chi connectivity index (χ3n) is 4.25. The molecule has 0 aliphatic heterocycles. The smallest absolute Gasteiger partial charge is 0.262 e. The number of nitrogens with one attached hydrogen (secondary N) is 2. The largest absolute Gasteiger partial charge is 0.280 e. The second-order valence-corrected chi connectivity index (χ2v) is 9.43. The van der Waals surface area contributed by atoms with Gasteiger partial charge >= 0.3 is 0 Å². The highest BCUT2D eigenvalue weighted by molar-refractivity contribution is 7.92. The fraction of sp³-hybridized carbons (Fsp3) is 0.294. The van der Waals surface area contributed by atoms with Gasteiger partial charge in [-0.2, -0.15) is 0 Å². The van der Waals surface area contributed by atoms with Crippen LogP contribution in [0.15, 0.2) is 40.1 Å². The highest BCUT2D eigenvalue weighted by Gasteiger charge is 2.22. The van der Waals surface area contributed by atoms with E-state index in [1.54, 1.807) is 13.8 Å². The molecule has 8 heteroatoms. The third kappa shape index (κ3) is 3.86. The molecule has 2 aromatic carbocycles. The summed E-state index contributed by atoms with van der Waals surface area (Å²) in [6.07, 6.45) is 0. The first-order chi connectivity index (χ1) is 11.5. The Bertz CT molecular complexity index is 983. The Morgan fingerprint density at radius 1 is 0.760 bits per heavy atom. The van der Waals surface area contributed by atoms with Gasteiger partial charge in [-0.05, 0) is 81.3 Å². The molecule has 25 heavy (non-hydrogen) atoms. The first-order valence-corrected chi connectivity index (χ1v) is 10.6. The minimum absolute atomic E-state index is 0.0664. The van der Waals surface area contributed by atoms with Gasteiger partial charge in [0.2, 0.25) is 10.0 Å². The molecule has 136 valence electrons. The maximum atomic E-state index is 12.8. The number of sulfonamides is 2. The van der Waals surface area contributed by atoms with Crippen LogP contribution < -0.4 is 9.44 Å². The summed E-state index contributed by atoms with van der Waals surface area (Å²) in [4.78, 5) is 0.327. The zero-order valence-corrected chi connectivity index (χ0v) is 16.5. The zero-order chi connectivity index (χ0) is 19.0. The van der Waals surface area contributed by atoms with Crippen LogP contribution in [0.5, 0.6) is 0 Å². The summed E-state index contributed by atoms with van der Waals surface area (Å²) in [7, 11) is -6.03. The number of anilines is 1. The molecular formula is C17H22N2O4S2. The average molecular weight is 383 g/mol. The highest BCUT2D eigenvalue weighted by Crippen LogP contribution is 2.28. The second kappa shape index (κ2) is 6.78. The van der Waals surface area contributed by atoms with E-state index in [0.717, 1.165) is 11.1 Å². The van der Waals surface area contributed by atoms with Crippen molar-refractivity contribution in [3.8, 4) is 0 Å². The molecule has 0 radical (unpaired) electrons. The Morgan fingerprint density at radius 3 is 1.68 bits per heavy atom. The van der Waals surface area contributed by atoms with Crippen LogP contribution in [-0.4, -0.2) is 23.9 Å². The van der Waals surface area contributed by atoms with E-state index in [1.807, 2.05) is 19.9 Å². The zero-order valence-electron chi connectivity index (χ0n) is 14.8. The fourth-order valence-electron chi connectivity index (χ4n) is 2.61. The van der Waals surface area contributed by atoms with E-state index in [4.69, 9.17) is 0 Å². The molecule has 2 aromatic rings. The van der Waals surface area contributed by atoms with E-state index in [2.05, 4.69) is 9.44 Å². The molecule has 0 aliphatic rings. The Labute approximate surface area is 149 Å². The lowest BCUT2D eigenvalue weighted by molar-refractivity contribution is 0.588. The monoisotopic (exact) mass is 382 g/mol. The molecule has 0 saturated heterocycles. The summed E-state index contributed by atoms with van der Waals surface area (Å²) >= 11 is 0. The number of hydrogen-bond donors (Lipinski definition) is 2. The number of aryl methyl sites for hydroxylation is 2. The van der Waals surface area contributed by atoms with Crippen molar-refractivity contribution in [3.05, 3.63) is 52.6 Å². The summed E-state index contributed by atoms with van der Waals surface area (Å²) in [5, 5.41) is 0. The topological polar surface area (TPSA) is 92.3 Å². The van der Waals surface area contributed by atoms with Crippen molar-refractivity contribution in [2.24, 2.45) is 0 Å². The second-order valence-electron chi connectivity index (χ2n) is 5.93. The van der Waals surface area contributed by atoms with E-state index in [1.165, 1.54) is 31.3 Å². The van der Waals surface area contributed by atoms with Gasteiger partial charge in [0, 0.05) is 5.69 Å². The van der Waals surface area contributed by atoms with Gasteiger partial charge in [-0.15, -0.1) is 0 Å². The van der Waals surface area contributed by atoms with Crippen LogP contribution in [0.25, 0.3) is 0 Å². The van der Waals surface area contributed by atoms with Crippen molar-refractivity contribution in [1.82, 2.24) is 4.72 Å². The summed E-state index contributed by atoms with van der Waals surface area (Å²) in [6, 6.07) is 7.51. The van der Waals surface area contributed by atoms with Crippen LogP contribution in [0.4, 0.5) is 5.69 Å². The molecule has 0 fully saturated rings. The molecule has 0 unspecified atom stereocenters. The molecule has 0 saturated carbocycles. The van der Waals surface area contributed by atoms with Gasteiger partial charge < -0.3 is 0 Å². The van der Waals surface area contributed by atoms with E-state index < -0.39 is 20.0 Å². The van der Waals surface area contributed by atoms with Crippen molar-refractivity contribution in [2.75, 3.05) is 11.8 Å². The maximum absolute atomic E-state index is 12.8. The van der Waals surface area contributed by atoms with Crippen molar-refractivity contribution in [2.45, 2.75) is 37.5 Å². The lowest BCUT2D eigenvalue weighted by Crippen LogP contribution is -2.19. The van der Waals surface area contributed by atoms with Crippen LogP contribution in [0.1, 0.15) is 22.3 Å². The summed E-state index contributed by atoms with van der Waals surface area (Å²) < 4.78 is 53.9. The Hall–Kier alpha value is -1.90. The maximum Gasteiger partial charge on any atom is 0.262 e. The molecule has 0 aliphatic carbocycles. The number of rotatable bonds is 5. The standard InChI is InChI=1S/C17H22N2O4S2/c1-11-10-12(2)14(4)17(13(11)3)25(22,23)19-15-6-8-16(9-7-15)24(20,21)18-5/h6-10,18-19H,1-5H3. The normalized spacial score (nSPS) is 12.2. The van der Waals surface area contributed by atoms with Crippen LogP contribution in [0, 0.1) is 27.7 Å². The molecule has 2 rings (SSSR count). The molecule has 0 spiro atoms. The van der Waals surface area contributed by atoms with Gasteiger partial charge in [0.1, 0.15) is 0 Å². The number of hydrogen-bond acceptors (Lipinski definition) is 4. The van der Waals surface area contributed by atoms with Gasteiger partial charge in [0.15, 0.2) is 0 Å². The lowest BCUT2D eigenvalue weighted by atomic mass is 10.0. The van der Waals surface area contributed by atoms with E-state index in [9.17, 15) is 16.8 Å². The van der Waals surface area contributed by atoms with Crippen molar-refractivity contribution in [3.63, 3.8) is 0 Å². The van der Waals surface area contributed by atoms with Gasteiger partial charge in [-0.25, -0.2) is 21.6 Å². The minimum Gasteiger partial charge on any atom is -0.280 e. The predicted octanol–water partition coefficient (Wildman–Crippen LogP) is 2.63. The molecule has 6 nitrogen and oxygen atoms in total. The minimum atomic E-state index is -3.79. The quantitative estimate of drug-likeness (QED) is 0.831. The van der Waals surface area contributed by atoms with Gasteiger partial charge in [0.05, 0.1) is 9.79 Å². The molecule has 2 N–H and O–H groups in total. The van der Waals surface area contributed by atoms with Crippen molar-refractivity contribution >= 4 is 25.7 Å². The first-order valence-electron chi connectivity index (χ1n) is 7.63. The van der Waals surface area contributed by atoms with E-state index in [-0.39, 0.29) is 9.79 Å². The Balaban J connectivity index is 2.44. The summed E-state index contributed by atoms with van der Waals surface area (Å²) in [5.74, 6) is 0. The predicted molar refractivity (Wildman–Crippen MR) is 98.9 cm³/mol. The average Bonchev–Trinajstić information content (AvgIpc) is 2.53. The molecular weight excluding hydrogens is 360 g/mol. The first kappa shape index (κ1) is 19.4.